The number of rotatable bonds is 2. The number of alkyl halides is 3. The van der Waals surface area contributed by atoms with Crippen LogP contribution in [0.2, 0.25) is 0 Å². The van der Waals surface area contributed by atoms with Crippen LogP contribution in [0.5, 0.6) is 0 Å². The second-order valence-electron chi connectivity index (χ2n) is 3.94. The lowest BCUT2D eigenvalue weighted by atomic mass is 10.0. The third-order valence-corrected chi connectivity index (χ3v) is 2.62. The Hall–Kier alpha value is -2.04. The molecule has 94 valence electrons. The van der Waals surface area contributed by atoms with Gasteiger partial charge in [-0.05, 0) is 41.8 Å². The van der Waals surface area contributed by atoms with Crippen LogP contribution in [-0.2, 0) is 12.6 Å². The van der Waals surface area contributed by atoms with Crippen molar-refractivity contribution >= 4 is 5.69 Å². The monoisotopic (exact) mass is 252 g/mol. The van der Waals surface area contributed by atoms with Crippen molar-refractivity contribution < 1.29 is 13.2 Å². The van der Waals surface area contributed by atoms with Gasteiger partial charge in [0.2, 0.25) is 0 Å². The molecule has 2 nitrogen and oxygen atoms in total. The van der Waals surface area contributed by atoms with Crippen LogP contribution < -0.4 is 5.73 Å². The first-order valence-electron chi connectivity index (χ1n) is 5.31. The highest BCUT2D eigenvalue weighted by Crippen LogP contribution is 2.31. The molecule has 2 N–H and O–H groups in total. The van der Waals surface area contributed by atoms with Gasteiger partial charge in [-0.1, -0.05) is 6.07 Å². The van der Waals surface area contributed by atoms with E-state index in [1.54, 1.807) is 24.5 Å². The second-order valence-corrected chi connectivity index (χ2v) is 3.94. The predicted molar refractivity (Wildman–Crippen MR) is 62.9 cm³/mol. The minimum atomic E-state index is -4.36. The van der Waals surface area contributed by atoms with Crippen molar-refractivity contribution in [1.82, 2.24) is 4.98 Å². The molecule has 5 heteroatoms. The van der Waals surface area contributed by atoms with E-state index in [1.807, 2.05) is 0 Å². The summed E-state index contributed by atoms with van der Waals surface area (Å²) in [7, 11) is 0. The van der Waals surface area contributed by atoms with Gasteiger partial charge in [0.25, 0.3) is 0 Å². The van der Waals surface area contributed by atoms with Crippen molar-refractivity contribution in [3.05, 3.63) is 59.4 Å². The zero-order chi connectivity index (χ0) is 13.2. The van der Waals surface area contributed by atoms with Crippen LogP contribution in [0.1, 0.15) is 16.7 Å². The molecule has 0 bridgehead atoms. The van der Waals surface area contributed by atoms with Crippen LogP contribution in [0.4, 0.5) is 18.9 Å². The molecule has 0 aliphatic rings. The van der Waals surface area contributed by atoms with Crippen molar-refractivity contribution in [3.8, 4) is 0 Å². The molecule has 0 aliphatic carbocycles. The molecule has 0 atom stereocenters. The van der Waals surface area contributed by atoms with Gasteiger partial charge in [-0.2, -0.15) is 13.2 Å². The van der Waals surface area contributed by atoms with Crippen molar-refractivity contribution in [2.45, 2.75) is 12.6 Å². The van der Waals surface area contributed by atoms with E-state index in [2.05, 4.69) is 4.98 Å². The maximum absolute atomic E-state index is 12.5. The summed E-state index contributed by atoms with van der Waals surface area (Å²) in [6, 6.07) is 7.04. The number of aromatic nitrogens is 1. The lowest BCUT2D eigenvalue weighted by Gasteiger charge is -2.10. The largest absolute Gasteiger partial charge is 0.416 e. The van der Waals surface area contributed by atoms with Gasteiger partial charge in [-0.3, -0.25) is 4.98 Å². The second kappa shape index (κ2) is 4.68. The number of benzene rings is 1. The molecule has 0 unspecified atom stereocenters. The first-order chi connectivity index (χ1) is 8.47. The normalized spacial score (nSPS) is 11.5. The Morgan fingerprint density at radius 3 is 2.28 bits per heavy atom. The van der Waals surface area contributed by atoms with Crippen LogP contribution >= 0.6 is 0 Å². The predicted octanol–water partition coefficient (Wildman–Crippen LogP) is 3.27. The summed E-state index contributed by atoms with van der Waals surface area (Å²) in [5.41, 5.74) is 6.71. The summed E-state index contributed by atoms with van der Waals surface area (Å²) in [6.45, 7) is 0. The Labute approximate surface area is 102 Å². The minimum absolute atomic E-state index is 0.154. The molecule has 0 saturated carbocycles. The molecule has 0 radical (unpaired) electrons. The van der Waals surface area contributed by atoms with Gasteiger partial charge in [0.15, 0.2) is 0 Å². The summed E-state index contributed by atoms with van der Waals surface area (Å²) in [6.07, 6.45) is -0.596. The third-order valence-electron chi connectivity index (χ3n) is 2.62. The first-order valence-corrected chi connectivity index (χ1v) is 5.31. The van der Waals surface area contributed by atoms with Gasteiger partial charge in [-0.15, -0.1) is 0 Å². The molecule has 2 rings (SSSR count). The third kappa shape index (κ3) is 2.80. The molecule has 1 heterocycles. The lowest BCUT2D eigenvalue weighted by Crippen LogP contribution is -2.07. The van der Waals surface area contributed by atoms with E-state index in [0.717, 1.165) is 17.7 Å². The molecule has 0 saturated heterocycles. The fourth-order valence-electron chi connectivity index (χ4n) is 1.65. The van der Waals surface area contributed by atoms with E-state index in [0.29, 0.717) is 12.0 Å². The summed E-state index contributed by atoms with van der Waals surface area (Å²) >= 11 is 0. The van der Waals surface area contributed by atoms with Gasteiger partial charge in [0.05, 0.1) is 5.56 Å². The van der Waals surface area contributed by atoms with Crippen molar-refractivity contribution in [1.29, 1.82) is 0 Å². The number of nitrogens with two attached hydrogens (primary N) is 1. The van der Waals surface area contributed by atoms with Gasteiger partial charge in [0.1, 0.15) is 0 Å². The molecule has 18 heavy (non-hydrogen) atoms. The highest BCUT2D eigenvalue weighted by Gasteiger charge is 2.30. The highest BCUT2D eigenvalue weighted by atomic mass is 19.4. The molecule has 1 aromatic carbocycles. The Balaban J connectivity index is 2.26. The Morgan fingerprint density at radius 2 is 1.72 bits per heavy atom. The number of hydrogen-bond donors (Lipinski definition) is 1. The van der Waals surface area contributed by atoms with Gasteiger partial charge < -0.3 is 5.73 Å². The van der Waals surface area contributed by atoms with Crippen molar-refractivity contribution in [2.75, 3.05) is 5.73 Å². The highest BCUT2D eigenvalue weighted by molar-refractivity contribution is 5.51. The average Bonchev–Trinajstić information content (AvgIpc) is 2.32. The van der Waals surface area contributed by atoms with E-state index < -0.39 is 11.7 Å². The number of hydrogen-bond acceptors (Lipinski definition) is 2. The molecule has 1 aromatic heterocycles. The summed E-state index contributed by atoms with van der Waals surface area (Å²) in [5.74, 6) is 0. The Bertz CT molecular complexity index is 536. The Kier molecular flexibility index (Phi) is 3.23. The zero-order valence-corrected chi connectivity index (χ0v) is 9.41. The molecule has 0 aliphatic heterocycles. The summed E-state index contributed by atoms with van der Waals surface area (Å²) in [5, 5.41) is 0. The summed E-state index contributed by atoms with van der Waals surface area (Å²) < 4.78 is 37.4. The maximum Gasteiger partial charge on any atom is 0.416 e. The van der Waals surface area contributed by atoms with E-state index in [4.69, 9.17) is 5.73 Å². The molecular weight excluding hydrogens is 241 g/mol. The quantitative estimate of drug-likeness (QED) is 0.833. The van der Waals surface area contributed by atoms with Crippen LogP contribution in [0, 0.1) is 0 Å². The molecule has 0 spiro atoms. The number of anilines is 1. The number of pyridine rings is 1. The standard InChI is InChI=1S/C13H11F3N2/c14-13(15,16)11-2-1-10(12(17)8-11)7-9-3-5-18-6-4-9/h1-6,8H,7,17H2. The lowest BCUT2D eigenvalue weighted by molar-refractivity contribution is -0.137. The zero-order valence-electron chi connectivity index (χ0n) is 9.41. The Morgan fingerprint density at radius 1 is 1.06 bits per heavy atom. The minimum Gasteiger partial charge on any atom is -0.398 e. The van der Waals surface area contributed by atoms with E-state index in [-0.39, 0.29) is 5.69 Å². The average molecular weight is 252 g/mol. The van der Waals surface area contributed by atoms with Gasteiger partial charge in [0, 0.05) is 18.1 Å². The molecule has 0 fully saturated rings. The maximum atomic E-state index is 12.5. The van der Waals surface area contributed by atoms with Crippen LogP contribution in [0.15, 0.2) is 42.7 Å². The molecule has 2 aromatic rings. The SMILES string of the molecule is Nc1cc(C(F)(F)F)ccc1Cc1ccncc1. The summed E-state index contributed by atoms with van der Waals surface area (Å²) in [4.78, 5) is 3.88. The van der Waals surface area contributed by atoms with Crippen LogP contribution in [0.3, 0.4) is 0 Å². The van der Waals surface area contributed by atoms with Crippen molar-refractivity contribution in [3.63, 3.8) is 0 Å². The number of nitrogens with zero attached hydrogens (tertiary/aromatic N) is 1. The van der Waals surface area contributed by atoms with Gasteiger partial charge >= 0.3 is 6.18 Å². The topological polar surface area (TPSA) is 38.9 Å². The van der Waals surface area contributed by atoms with Gasteiger partial charge in [-0.25, -0.2) is 0 Å². The van der Waals surface area contributed by atoms with Crippen molar-refractivity contribution in [2.24, 2.45) is 0 Å². The number of nitrogen functional groups attached to an aromatic ring is 1. The smallest absolute Gasteiger partial charge is 0.398 e. The van der Waals surface area contributed by atoms with E-state index in [9.17, 15) is 13.2 Å². The van der Waals surface area contributed by atoms with E-state index in [1.165, 1.54) is 6.07 Å². The van der Waals surface area contributed by atoms with Crippen LogP contribution in [0.25, 0.3) is 0 Å². The molecular formula is C13H11F3N2. The van der Waals surface area contributed by atoms with Crippen LogP contribution in [-0.4, -0.2) is 4.98 Å². The fourth-order valence-corrected chi connectivity index (χ4v) is 1.65. The van der Waals surface area contributed by atoms with E-state index >= 15 is 0 Å². The fraction of sp³-hybridized carbons (Fsp3) is 0.154. The molecule has 0 amide bonds. The first kappa shape index (κ1) is 12.4. The number of halogens is 3.